The summed E-state index contributed by atoms with van der Waals surface area (Å²) in [6, 6.07) is 2.62. The highest BCUT2D eigenvalue weighted by atomic mass is 35.5. The van der Waals surface area contributed by atoms with Crippen LogP contribution in [0.15, 0.2) is 12.1 Å². The summed E-state index contributed by atoms with van der Waals surface area (Å²) >= 11 is 6.23. The third kappa shape index (κ3) is 4.71. The van der Waals surface area contributed by atoms with E-state index in [-0.39, 0.29) is 47.7 Å². The Morgan fingerprint density at radius 1 is 1.25 bits per heavy atom. The molecule has 1 aliphatic heterocycles. The van der Waals surface area contributed by atoms with Crippen molar-refractivity contribution in [3.8, 4) is 0 Å². The molecule has 0 atom stereocenters. The summed E-state index contributed by atoms with van der Waals surface area (Å²) in [4.78, 5) is 25.3. The average Bonchev–Trinajstić information content (AvgIpc) is 3.50. The number of nitrogens with zero attached hydrogens (tertiary/aromatic N) is 3. The molecule has 32 heavy (non-hydrogen) atoms. The van der Waals surface area contributed by atoms with Crippen molar-refractivity contribution >= 4 is 28.9 Å². The smallest absolute Gasteiger partial charge is 0.396 e. The number of alkyl halides is 3. The van der Waals surface area contributed by atoms with Crippen LogP contribution in [0.4, 0.5) is 13.2 Å². The Balaban J connectivity index is 0.000000354. The van der Waals surface area contributed by atoms with Gasteiger partial charge in [-0.3, -0.25) is 9.59 Å². The van der Waals surface area contributed by atoms with Gasteiger partial charge in [0.1, 0.15) is 5.69 Å². The fourth-order valence-electron chi connectivity index (χ4n) is 3.77. The van der Waals surface area contributed by atoms with Crippen LogP contribution in [-0.4, -0.2) is 57.7 Å². The van der Waals surface area contributed by atoms with Crippen molar-refractivity contribution in [2.24, 2.45) is 5.92 Å². The van der Waals surface area contributed by atoms with Crippen molar-refractivity contribution in [1.82, 2.24) is 19.8 Å². The Labute approximate surface area is 187 Å². The van der Waals surface area contributed by atoms with E-state index in [2.05, 4.69) is 10.4 Å². The molecule has 174 valence electrons. The number of carbonyl (C=O) groups is 2. The lowest BCUT2D eigenvalue weighted by Gasteiger charge is -2.25. The van der Waals surface area contributed by atoms with Crippen LogP contribution < -0.4 is 5.32 Å². The van der Waals surface area contributed by atoms with Crippen molar-refractivity contribution in [2.45, 2.75) is 44.2 Å². The first-order valence-corrected chi connectivity index (χ1v) is 11.0. The molecule has 2 aliphatic carbocycles. The van der Waals surface area contributed by atoms with Gasteiger partial charge in [0.25, 0.3) is 5.91 Å². The summed E-state index contributed by atoms with van der Waals surface area (Å²) in [6.07, 6.45) is 0.879. The van der Waals surface area contributed by atoms with E-state index in [4.69, 9.17) is 16.7 Å². The predicted molar refractivity (Wildman–Crippen MR) is 111 cm³/mol. The van der Waals surface area contributed by atoms with Crippen LogP contribution >= 0.6 is 11.6 Å². The molecule has 3 heterocycles. The number of rotatable bonds is 3. The zero-order valence-electron chi connectivity index (χ0n) is 17.3. The van der Waals surface area contributed by atoms with E-state index in [0.717, 1.165) is 18.9 Å². The van der Waals surface area contributed by atoms with Crippen LogP contribution in [0.25, 0.3) is 5.52 Å². The molecule has 1 saturated heterocycles. The summed E-state index contributed by atoms with van der Waals surface area (Å²) < 4.78 is 41.1. The maximum Gasteiger partial charge on any atom is 0.433 e. The molecule has 11 heteroatoms. The number of halogens is 4. The van der Waals surface area contributed by atoms with Gasteiger partial charge < -0.3 is 15.3 Å². The van der Waals surface area contributed by atoms with Gasteiger partial charge in [0.2, 0.25) is 5.91 Å². The monoisotopic (exact) mass is 472 g/mol. The van der Waals surface area contributed by atoms with Crippen molar-refractivity contribution in [1.29, 1.82) is 0 Å². The minimum absolute atomic E-state index is 0.0493. The van der Waals surface area contributed by atoms with Gasteiger partial charge in [0.15, 0.2) is 5.69 Å². The highest BCUT2D eigenvalue weighted by Gasteiger charge is 2.38. The topological polar surface area (TPSA) is 86.9 Å². The van der Waals surface area contributed by atoms with Crippen molar-refractivity contribution < 1.29 is 27.9 Å². The molecule has 0 spiro atoms. The first kappa shape index (κ1) is 22.8. The Morgan fingerprint density at radius 2 is 1.97 bits per heavy atom. The molecule has 5 rings (SSSR count). The van der Waals surface area contributed by atoms with Crippen molar-refractivity contribution in [2.75, 3.05) is 26.2 Å². The molecule has 2 aromatic heterocycles. The largest absolute Gasteiger partial charge is 0.433 e. The van der Waals surface area contributed by atoms with Crippen molar-refractivity contribution in [3.63, 3.8) is 0 Å². The van der Waals surface area contributed by atoms with E-state index in [1.165, 1.54) is 24.2 Å². The lowest BCUT2D eigenvalue weighted by atomic mass is 9.86. The number of aliphatic hydroxyl groups is 1. The molecule has 0 bridgehead atoms. The molecule has 0 unspecified atom stereocenters. The molecule has 3 aliphatic rings. The minimum Gasteiger partial charge on any atom is -0.396 e. The molecular weight excluding hydrogens is 449 g/mol. The molecule has 3 fully saturated rings. The number of piperazine rings is 1. The quantitative estimate of drug-likeness (QED) is 0.718. The molecule has 0 radical (unpaired) electrons. The summed E-state index contributed by atoms with van der Waals surface area (Å²) in [5.41, 5.74) is -0.648. The lowest BCUT2D eigenvalue weighted by Crippen LogP contribution is -2.50. The van der Waals surface area contributed by atoms with Gasteiger partial charge in [-0.05, 0) is 55.2 Å². The zero-order chi connectivity index (χ0) is 23.0. The fraction of sp³-hybridized carbons (Fsp3) is 0.571. The Bertz CT molecular complexity index is 1030. The van der Waals surface area contributed by atoms with Crippen LogP contribution in [0.3, 0.4) is 0 Å². The summed E-state index contributed by atoms with van der Waals surface area (Å²) in [6.45, 7) is 0.756. The highest BCUT2D eigenvalue weighted by Crippen LogP contribution is 2.43. The average molecular weight is 473 g/mol. The van der Waals surface area contributed by atoms with E-state index in [1.54, 1.807) is 6.07 Å². The maximum absolute atomic E-state index is 13.5. The standard InChI is InChI=1S/C16H14ClF3N4O2.C5H10O/c17-13-10-5-9(8-1-2-8)6-11(16(18,19)20)24(10)22-14(13)15(26)23-4-3-21-12(25)7-23;6-4-5-2-1-3-5/h5-6,8H,1-4,7H2,(H,21,25);5-6H,1-4H2. The van der Waals surface area contributed by atoms with Crippen LogP contribution in [-0.2, 0) is 11.0 Å². The van der Waals surface area contributed by atoms with Gasteiger partial charge in [0.05, 0.1) is 17.1 Å². The van der Waals surface area contributed by atoms with Crippen LogP contribution in [0.2, 0.25) is 5.02 Å². The van der Waals surface area contributed by atoms with Gasteiger partial charge in [-0.2, -0.15) is 18.3 Å². The van der Waals surface area contributed by atoms with Crippen LogP contribution in [0.1, 0.15) is 59.8 Å². The van der Waals surface area contributed by atoms with E-state index in [9.17, 15) is 22.8 Å². The third-order valence-electron chi connectivity index (χ3n) is 6.05. The Morgan fingerprint density at radius 3 is 2.47 bits per heavy atom. The first-order chi connectivity index (χ1) is 15.2. The predicted octanol–water partition coefficient (Wildman–Crippen LogP) is 3.23. The van der Waals surface area contributed by atoms with Gasteiger partial charge in [0, 0.05) is 19.7 Å². The van der Waals surface area contributed by atoms with Crippen molar-refractivity contribution in [3.05, 3.63) is 34.1 Å². The Hall–Kier alpha value is -2.33. The number of amides is 2. The molecule has 7 nitrogen and oxygen atoms in total. The SMILES string of the molecule is O=C1CN(C(=O)c2nn3c(C(F)(F)F)cc(C4CC4)cc3c2Cl)CCN1.OCC1CCC1. The molecule has 2 amide bonds. The minimum atomic E-state index is -4.64. The number of aromatic nitrogens is 2. The normalized spacial score (nSPS) is 19.3. The number of hydrogen-bond donors (Lipinski definition) is 2. The van der Waals surface area contributed by atoms with Crippen LogP contribution in [0, 0.1) is 5.92 Å². The van der Waals surface area contributed by atoms with Gasteiger partial charge >= 0.3 is 6.18 Å². The number of fused-ring (bicyclic) bond motifs is 1. The second kappa shape index (κ2) is 8.90. The van der Waals surface area contributed by atoms with E-state index >= 15 is 0 Å². The highest BCUT2D eigenvalue weighted by molar-refractivity contribution is 6.36. The number of aliphatic hydroxyl groups excluding tert-OH is 1. The second-order valence-corrected chi connectivity index (χ2v) is 8.84. The van der Waals surface area contributed by atoms with E-state index < -0.39 is 17.8 Å². The Kier molecular flexibility index (Phi) is 6.35. The van der Waals surface area contributed by atoms with Gasteiger partial charge in [-0.25, -0.2) is 4.52 Å². The van der Waals surface area contributed by atoms with E-state index in [0.29, 0.717) is 22.6 Å². The second-order valence-electron chi connectivity index (χ2n) is 8.46. The summed E-state index contributed by atoms with van der Waals surface area (Å²) in [5, 5.41) is 14.7. The number of pyridine rings is 1. The number of nitrogens with one attached hydrogen (secondary N) is 1. The molecular formula is C21H24ClF3N4O3. The molecule has 2 saturated carbocycles. The van der Waals surface area contributed by atoms with Gasteiger partial charge in [-0.15, -0.1) is 0 Å². The number of carbonyl (C=O) groups excluding carboxylic acids is 2. The zero-order valence-corrected chi connectivity index (χ0v) is 18.0. The maximum atomic E-state index is 13.5. The lowest BCUT2D eigenvalue weighted by molar-refractivity contribution is -0.142. The summed E-state index contributed by atoms with van der Waals surface area (Å²) in [7, 11) is 0. The fourth-order valence-corrected chi connectivity index (χ4v) is 4.02. The summed E-state index contributed by atoms with van der Waals surface area (Å²) in [5.74, 6) is -0.242. The first-order valence-electron chi connectivity index (χ1n) is 10.6. The molecule has 2 aromatic rings. The third-order valence-corrected chi connectivity index (χ3v) is 6.42. The van der Waals surface area contributed by atoms with E-state index in [1.807, 2.05) is 0 Å². The molecule has 0 aromatic carbocycles. The number of hydrogen-bond acceptors (Lipinski definition) is 4. The van der Waals surface area contributed by atoms with Gasteiger partial charge in [-0.1, -0.05) is 18.0 Å². The molecule has 2 N–H and O–H groups in total. The van der Waals surface area contributed by atoms with Crippen LogP contribution in [0.5, 0.6) is 0 Å².